The summed E-state index contributed by atoms with van der Waals surface area (Å²) in [6, 6.07) is 0. The lowest BCUT2D eigenvalue weighted by atomic mass is 10.1. The maximum absolute atomic E-state index is 12.8. The molecule has 0 bridgehead atoms. The molecular formula is C57H100O5. The largest absolute Gasteiger partial charge is 0.462 e. The monoisotopic (exact) mass is 865 g/mol. The molecule has 0 spiro atoms. The molecule has 0 aliphatic heterocycles. The first kappa shape index (κ1) is 59.3. The van der Waals surface area contributed by atoms with Gasteiger partial charge in [0.2, 0.25) is 0 Å². The molecule has 0 rings (SSSR count). The Hall–Kier alpha value is -2.66. The predicted octanol–water partition coefficient (Wildman–Crippen LogP) is 17.9. The molecule has 0 saturated carbocycles. The van der Waals surface area contributed by atoms with Crippen LogP contribution in [0, 0.1) is 0 Å². The highest BCUT2D eigenvalue weighted by molar-refractivity contribution is 5.70. The van der Waals surface area contributed by atoms with Crippen LogP contribution in [-0.4, -0.2) is 37.9 Å². The van der Waals surface area contributed by atoms with Gasteiger partial charge in [-0.05, 0) is 109 Å². The van der Waals surface area contributed by atoms with Crippen molar-refractivity contribution in [3.8, 4) is 0 Å². The average Bonchev–Trinajstić information content (AvgIpc) is 3.27. The zero-order valence-corrected chi connectivity index (χ0v) is 41.1. The maximum atomic E-state index is 12.8. The first-order chi connectivity index (χ1) is 30.6. The molecule has 0 aliphatic carbocycles. The van der Waals surface area contributed by atoms with E-state index in [0.29, 0.717) is 19.4 Å². The lowest BCUT2D eigenvalue weighted by Gasteiger charge is -2.18. The fraction of sp³-hybridized carbons (Fsp3) is 0.754. The second-order valence-corrected chi connectivity index (χ2v) is 17.4. The molecule has 358 valence electrons. The highest BCUT2D eigenvalue weighted by atomic mass is 16.6. The summed E-state index contributed by atoms with van der Waals surface area (Å²) >= 11 is 0. The third-order valence-electron chi connectivity index (χ3n) is 11.2. The summed E-state index contributed by atoms with van der Waals surface area (Å²) in [5.74, 6) is -0.427. The lowest BCUT2D eigenvalue weighted by Crippen LogP contribution is -2.30. The first-order valence-corrected chi connectivity index (χ1v) is 26.5. The Morgan fingerprint density at radius 2 is 0.726 bits per heavy atom. The number of unbranched alkanes of at least 4 members (excludes halogenated alkanes) is 25. The molecule has 5 heteroatoms. The van der Waals surface area contributed by atoms with Crippen LogP contribution in [-0.2, 0) is 23.8 Å². The Balaban J connectivity index is 4.33. The second-order valence-electron chi connectivity index (χ2n) is 17.4. The number of carbonyl (C=O) groups excluding carboxylic acids is 2. The van der Waals surface area contributed by atoms with Gasteiger partial charge in [-0.1, -0.05) is 203 Å². The van der Waals surface area contributed by atoms with E-state index >= 15 is 0 Å². The van der Waals surface area contributed by atoms with Crippen molar-refractivity contribution in [3.05, 3.63) is 72.9 Å². The minimum Gasteiger partial charge on any atom is -0.462 e. The van der Waals surface area contributed by atoms with E-state index in [2.05, 4.69) is 93.7 Å². The van der Waals surface area contributed by atoms with Gasteiger partial charge in [0.25, 0.3) is 0 Å². The SMILES string of the molecule is CC/C=C\C/C=C\C/C=C\CCCCCCCCOCC(COC(=O)CCCCCCC/C=C\C/C=C\CCCCC)OC(=O)CCCCCCC/C=C\CCCCCCCC. The van der Waals surface area contributed by atoms with Crippen LogP contribution in [0.5, 0.6) is 0 Å². The van der Waals surface area contributed by atoms with Gasteiger partial charge < -0.3 is 14.2 Å². The summed E-state index contributed by atoms with van der Waals surface area (Å²) < 4.78 is 17.4. The molecule has 1 atom stereocenters. The number of carbonyl (C=O) groups is 2. The Labute approximate surface area is 385 Å². The van der Waals surface area contributed by atoms with Crippen molar-refractivity contribution in [1.29, 1.82) is 0 Å². The van der Waals surface area contributed by atoms with Crippen LogP contribution in [0.15, 0.2) is 72.9 Å². The zero-order chi connectivity index (χ0) is 44.9. The molecule has 0 aromatic carbocycles. The van der Waals surface area contributed by atoms with Crippen molar-refractivity contribution < 1.29 is 23.8 Å². The van der Waals surface area contributed by atoms with E-state index in [4.69, 9.17) is 14.2 Å². The van der Waals surface area contributed by atoms with Crippen LogP contribution < -0.4 is 0 Å². The summed E-state index contributed by atoms with van der Waals surface area (Å²) in [5, 5.41) is 0. The van der Waals surface area contributed by atoms with Gasteiger partial charge >= 0.3 is 11.9 Å². The molecule has 0 aromatic rings. The molecule has 62 heavy (non-hydrogen) atoms. The Morgan fingerprint density at radius 3 is 1.21 bits per heavy atom. The third kappa shape index (κ3) is 50.0. The van der Waals surface area contributed by atoms with Gasteiger partial charge in [-0.15, -0.1) is 0 Å². The summed E-state index contributed by atoms with van der Waals surface area (Å²) in [6.45, 7) is 7.65. The Kier molecular flexibility index (Phi) is 50.4. The molecule has 0 N–H and O–H groups in total. The van der Waals surface area contributed by atoms with Gasteiger partial charge in [-0.2, -0.15) is 0 Å². The molecular weight excluding hydrogens is 765 g/mol. The summed E-state index contributed by atoms with van der Waals surface area (Å²) in [7, 11) is 0. The summed E-state index contributed by atoms with van der Waals surface area (Å²) in [6.07, 6.45) is 67.6. The minimum atomic E-state index is -0.555. The van der Waals surface area contributed by atoms with Crippen LogP contribution in [0.3, 0.4) is 0 Å². The minimum absolute atomic E-state index is 0.0677. The predicted molar refractivity (Wildman–Crippen MR) is 270 cm³/mol. The van der Waals surface area contributed by atoms with E-state index < -0.39 is 6.10 Å². The fourth-order valence-corrected chi connectivity index (χ4v) is 7.25. The molecule has 1 unspecified atom stereocenters. The van der Waals surface area contributed by atoms with Crippen LogP contribution >= 0.6 is 0 Å². The Bertz CT molecular complexity index is 1110. The maximum Gasteiger partial charge on any atom is 0.306 e. The standard InChI is InChI=1S/C57H100O5/c1-4-7-10-13-16-19-22-25-28-31-34-37-40-43-46-49-52-60-53-55(62-57(59)51-48-45-42-39-36-33-30-27-24-21-18-15-12-9-6-3)54-61-56(58)50-47-44-41-38-35-32-29-26-23-20-17-14-11-8-5-2/h7,10,16-17,19-20,25-30,55H,4-6,8-9,11-15,18,21-24,31-54H2,1-3H3/b10-7-,19-16-,20-17-,28-25-,29-26-,30-27-. The van der Waals surface area contributed by atoms with Crippen molar-refractivity contribution in [2.24, 2.45) is 0 Å². The number of rotatable bonds is 48. The molecule has 0 saturated heterocycles. The van der Waals surface area contributed by atoms with E-state index in [0.717, 1.165) is 96.3 Å². The fourth-order valence-electron chi connectivity index (χ4n) is 7.25. The quantitative estimate of drug-likeness (QED) is 0.0346. The van der Waals surface area contributed by atoms with E-state index in [9.17, 15) is 9.59 Å². The van der Waals surface area contributed by atoms with Crippen molar-refractivity contribution in [3.63, 3.8) is 0 Å². The van der Waals surface area contributed by atoms with Crippen molar-refractivity contribution in [2.45, 2.75) is 258 Å². The van der Waals surface area contributed by atoms with E-state index in [1.807, 2.05) is 0 Å². The molecule has 0 fully saturated rings. The summed E-state index contributed by atoms with van der Waals surface area (Å²) in [5.41, 5.74) is 0. The lowest BCUT2D eigenvalue weighted by molar-refractivity contribution is -0.163. The highest BCUT2D eigenvalue weighted by Gasteiger charge is 2.17. The highest BCUT2D eigenvalue weighted by Crippen LogP contribution is 2.13. The second kappa shape index (κ2) is 52.7. The van der Waals surface area contributed by atoms with Gasteiger partial charge in [0.1, 0.15) is 6.61 Å². The number of esters is 2. The molecule has 5 nitrogen and oxygen atoms in total. The molecule has 0 aliphatic rings. The average molecular weight is 865 g/mol. The number of ether oxygens (including phenoxy) is 3. The molecule has 0 aromatic heterocycles. The number of allylic oxidation sites excluding steroid dienone is 12. The van der Waals surface area contributed by atoms with E-state index in [-0.39, 0.29) is 25.2 Å². The van der Waals surface area contributed by atoms with Gasteiger partial charge in [-0.3, -0.25) is 9.59 Å². The third-order valence-corrected chi connectivity index (χ3v) is 11.2. The van der Waals surface area contributed by atoms with Crippen LogP contribution in [0.4, 0.5) is 0 Å². The Morgan fingerprint density at radius 1 is 0.371 bits per heavy atom. The van der Waals surface area contributed by atoms with Crippen molar-refractivity contribution >= 4 is 11.9 Å². The molecule has 0 amide bonds. The van der Waals surface area contributed by atoms with Gasteiger partial charge in [-0.25, -0.2) is 0 Å². The van der Waals surface area contributed by atoms with Crippen LogP contribution in [0.2, 0.25) is 0 Å². The van der Waals surface area contributed by atoms with Crippen molar-refractivity contribution in [2.75, 3.05) is 19.8 Å². The van der Waals surface area contributed by atoms with Gasteiger partial charge in [0.05, 0.1) is 6.61 Å². The number of hydrogen-bond acceptors (Lipinski definition) is 5. The molecule has 0 radical (unpaired) electrons. The van der Waals surface area contributed by atoms with Crippen molar-refractivity contribution in [1.82, 2.24) is 0 Å². The van der Waals surface area contributed by atoms with Crippen LogP contribution in [0.25, 0.3) is 0 Å². The normalized spacial score (nSPS) is 12.8. The topological polar surface area (TPSA) is 61.8 Å². The zero-order valence-electron chi connectivity index (χ0n) is 41.1. The van der Waals surface area contributed by atoms with Crippen LogP contribution in [0.1, 0.15) is 252 Å². The van der Waals surface area contributed by atoms with Gasteiger partial charge in [0, 0.05) is 19.4 Å². The smallest absolute Gasteiger partial charge is 0.306 e. The number of hydrogen-bond donors (Lipinski definition) is 0. The van der Waals surface area contributed by atoms with E-state index in [1.165, 1.54) is 122 Å². The van der Waals surface area contributed by atoms with E-state index in [1.54, 1.807) is 0 Å². The molecule has 0 heterocycles. The summed E-state index contributed by atoms with van der Waals surface area (Å²) in [4.78, 5) is 25.4. The first-order valence-electron chi connectivity index (χ1n) is 26.5. The van der Waals surface area contributed by atoms with Gasteiger partial charge in [0.15, 0.2) is 6.10 Å².